The van der Waals surface area contributed by atoms with Gasteiger partial charge >= 0.3 is 5.97 Å². The van der Waals surface area contributed by atoms with Crippen LogP contribution in [-0.2, 0) is 14.3 Å². The van der Waals surface area contributed by atoms with E-state index in [9.17, 15) is 9.59 Å². The molecule has 1 rings (SSSR count). The molecular weight excluding hydrogens is 256 g/mol. The summed E-state index contributed by atoms with van der Waals surface area (Å²) in [6.07, 6.45) is 1.29. The predicted molar refractivity (Wildman–Crippen MR) is 78.3 cm³/mol. The lowest BCUT2D eigenvalue weighted by atomic mass is 9.88. The van der Waals surface area contributed by atoms with Gasteiger partial charge < -0.3 is 9.64 Å². The van der Waals surface area contributed by atoms with Crippen molar-refractivity contribution in [1.82, 2.24) is 9.80 Å². The summed E-state index contributed by atoms with van der Waals surface area (Å²) >= 11 is 0. The number of esters is 1. The average molecular weight is 284 g/mol. The van der Waals surface area contributed by atoms with Crippen LogP contribution in [0.4, 0.5) is 0 Å². The Morgan fingerprint density at radius 1 is 1.10 bits per heavy atom. The molecule has 20 heavy (non-hydrogen) atoms. The zero-order valence-electron chi connectivity index (χ0n) is 13.3. The first-order valence-corrected chi connectivity index (χ1v) is 7.58. The Morgan fingerprint density at radius 2 is 1.70 bits per heavy atom. The SMILES string of the molecule is CCOC(=O)CCN1CCN(C(=O)C(C)(C)CC)CC1. The molecule has 0 bridgehead atoms. The van der Waals surface area contributed by atoms with Gasteiger partial charge in [-0.25, -0.2) is 0 Å². The van der Waals surface area contributed by atoms with Crippen LogP contribution >= 0.6 is 0 Å². The van der Waals surface area contributed by atoms with Crippen molar-refractivity contribution in [3.05, 3.63) is 0 Å². The van der Waals surface area contributed by atoms with E-state index in [1.165, 1.54) is 0 Å². The van der Waals surface area contributed by atoms with E-state index in [1.54, 1.807) is 0 Å². The van der Waals surface area contributed by atoms with E-state index in [0.717, 1.165) is 39.1 Å². The molecule has 116 valence electrons. The highest BCUT2D eigenvalue weighted by atomic mass is 16.5. The fourth-order valence-corrected chi connectivity index (χ4v) is 2.24. The molecule has 0 saturated carbocycles. The minimum absolute atomic E-state index is 0.141. The van der Waals surface area contributed by atoms with E-state index in [-0.39, 0.29) is 17.3 Å². The smallest absolute Gasteiger partial charge is 0.307 e. The quantitative estimate of drug-likeness (QED) is 0.694. The van der Waals surface area contributed by atoms with Crippen LogP contribution in [0.5, 0.6) is 0 Å². The zero-order valence-corrected chi connectivity index (χ0v) is 13.3. The van der Waals surface area contributed by atoms with Gasteiger partial charge in [-0.2, -0.15) is 0 Å². The maximum atomic E-state index is 12.3. The summed E-state index contributed by atoms with van der Waals surface area (Å²) in [6, 6.07) is 0. The maximum Gasteiger partial charge on any atom is 0.307 e. The highest BCUT2D eigenvalue weighted by Gasteiger charge is 2.31. The maximum absolute atomic E-state index is 12.3. The Hall–Kier alpha value is -1.10. The standard InChI is InChI=1S/C15H28N2O3/c1-5-15(3,4)14(19)17-11-9-16(10-12-17)8-7-13(18)20-6-2/h5-12H2,1-4H3. The first-order valence-electron chi connectivity index (χ1n) is 7.58. The molecule has 1 aliphatic heterocycles. The van der Waals surface area contributed by atoms with Crippen LogP contribution in [0.2, 0.25) is 0 Å². The molecule has 1 fully saturated rings. The largest absolute Gasteiger partial charge is 0.466 e. The number of nitrogens with zero attached hydrogens (tertiary/aromatic N) is 2. The second-order valence-electron chi connectivity index (χ2n) is 5.93. The van der Waals surface area contributed by atoms with Crippen molar-refractivity contribution in [2.45, 2.75) is 40.5 Å². The van der Waals surface area contributed by atoms with Crippen LogP contribution in [-0.4, -0.2) is 61.0 Å². The monoisotopic (exact) mass is 284 g/mol. The molecule has 0 N–H and O–H groups in total. The number of piperazine rings is 1. The molecule has 0 aromatic heterocycles. The van der Waals surface area contributed by atoms with Crippen LogP contribution < -0.4 is 0 Å². The van der Waals surface area contributed by atoms with Gasteiger partial charge in [-0.1, -0.05) is 20.8 Å². The number of ether oxygens (including phenoxy) is 1. The Balaban J connectivity index is 2.33. The molecule has 1 heterocycles. The molecule has 1 saturated heterocycles. The van der Waals surface area contributed by atoms with Crippen molar-refractivity contribution in [1.29, 1.82) is 0 Å². The van der Waals surface area contributed by atoms with Crippen LogP contribution in [0.25, 0.3) is 0 Å². The molecule has 0 atom stereocenters. The van der Waals surface area contributed by atoms with Gasteiger partial charge in [0.05, 0.1) is 13.0 Å². The molecule has 0 aromatic carbocycles. The molecule has 0 radical (unpaired) electrons. The Morgan fingerprint density at radius 3 is 2.20 bits per heavy atom. The molecule has 0 spiro atoms. The molecule has 1 amide bonds. The van der Waals surface area contributed by atoms with Crippen LogP contribution in [0.15, 0.2) is 0 Å². The van der Waals surface area contributed by atoms with E-state index in [2.05, 4.69) is 4.90 Å². The Bertz CT molecular complexity index is 334. The van der Waals surface area contributed by atoms with Crippen molar-refractivity contribution in [2.75, 3.05) is 39.3 Å². The van der Waals surface area contributed by atoms with Crippen molar-refractivity contribution in [3.63, 3.8) is 0 Å². The average Bonchev–Trinajstić information content (AvgIpc) is 2.45. The summed E-state index contributed by atoms with van der Waals surface area (Å²) < 4.78 is 4.92. The van der Waals surface area contributed by atoms with Crippen molar-refractivity contribution in [2.24, 2.45) is 5.41 Å². The van der Waals surface area contributed by atoms with Gasteiger partial charge in [0, 0.05) is 38.1 Å². The number of carbonyl (C=O) groups is 2. The number of rotatable bonds is 6. The number of carbonyl (C=O) groups excluding carboxylic acids is 2. The van der Waals surface area contributed by atoms with Gasteiger partial charge in [0.25, 0.3) is 0 Å². The minimum atomic E-state index is -0.271. The highest BCUT2D eigenvalue weighted by molar-refractivity contribution is 5.82. The third kappa shape index (κ3) is 4.78. The molecular formula is C15H28N2O3. The lowest BCUT2D eigenvalue weighted by Gasteiger charge is -2.38. The summed E-state index contributed by atoms with van der Waals surface area (Å²) in [7, 11) is 0. The Labute approximate surface area is 122 Å². The first kappa shape index (κ1) is 17.0. The minimum Gasteiger partial charge on any atom is -0.466 e. The van der Waals surface area contributed by atoms with E-state index >= 15 is 0 Å². The van der Waals surface area contributed by atoms with Gasteiger partial charge in [-0.3, -0.25) is 14.5 Å². The van der Waals surface area contributed by atoms with E-state index < -0.39 is 0 Å². The van der Waals surface area contributed by atoms with Crippen molar-refractivity contribution in [3.8, 4) is 0 Å². The summed E-state index contributed by atoms with van der Waals surface area (Å²) in [5.41, 5.74) is -0.271. The molecule has 5 nitrogen and oxygen atoms in total. The van der Waals surface area contributed by atoms with E-state index in [0.29, 0.717) is 13.0 Å². The molecule has 0 unspecified atom stereocenters. The van der Waals surface area contributed by atoms with Crippen LogP contribution in [0.1, 0.15) is 40.5 Å². The molecule has 5 heteroatoms. The summed E-state index contributed by atoms with van der Waals surface area (Å²) in [5, 5.41) is 0. The number of amides is 1. The summed E-state index contributed by atoms with van der Waals surface area (Å²) in [4.78, 5) is 27.8. The fraction of sp³-hybridized carbons (Fsp3) is 0.867. The normalized spacial score (nSPS) is 17.1. The van der Waals surface area contributed by atoms with Crippen molar-refractivity contribution < 1.29 is 14.3 Å². The van der Waals surface area contributed by atoms with Crippen LogP contribution in [0, 0.1) is 5.41 Å². The third-order valence-corrected chi connectivity index (χ3v) is 4.06. The lowest BCUT2D eigenvalue weighted by Crippen LogP contribution is -2.52. The summed E-state index contributed by atoms with van der Waals surface area (Å²) in [5.74, 6) is 0.100. The lowest BCUT2D eigenvalue weighted by molar-refractivity contribution is -0.145. The van der Waals surface area contributed by atoms with Crippen molar-refractivity contribution >= 4 is 11.9 Å². The second kappa shape index (κ2) is 7.62. The van der Waals surface area contributed by atoms with Gasteiger partial charge in [-0.05, 0) is 13.3 Å². The molecule has 1 aliphatic rings. The Kier molecular flexibility index (Phi) is 6.46. The zero-order chi connectivity index (χ0) is 15.2. The van der Waals surface area contributed by atoms with Gasteiger partial charge in [0.15, 0.2) is 0 Å². The third-order valence-electron chi connectivity index (χ3n) is 4.06. The van der Waals surface area contributed by atoms with Gasteiger partial charge in [0.1, 0.15) is 0 Å². The molecule has 0 aliphatic carbocycles. The summed E-state index contributed by atoms with van der Waals surface area (Å²) in [6.45, 7) is 12.2. The number of hydrogen-bond donors (Lipinski definition) is 0. The second-order valence-corrected chi connectivity index (χ2v) is 5.93. The highest BCUT2D eigenvalue weighted by Crippen LogP contribution is 2.23. The first-order chi connectivity index (χ1) is 9.40. The van der Waals surface area contributed by atoms with Crippen LogP contribution in [0.3, 0.4) is 0 Å². The van der Waals surface area contributed by atoms with Gasteiger partial charge in [0.2, 0.25) is 5.91 Å². The fourth-order valence-electron chi connectivity index (χ4n) is 2.24. The predicted octanol–water partition coefficient (Wildman–Crippen LogP) is 1.52. The van der Waals surface area contributed by atoms with E-state index in [4.69, 9.17) is 4.74 Å². The topological polar surface area (TPSA) is 49.9 Å². The van der Waals surface area contributed by atoms with E-state index in [1.807, 2.05) is 32.6 Å². The van der Waals surface area contributed by atoms with Gasteiger partial charge in [-0.15, -0.1) is 0 Å². The molecule has 0 aromatic rings. The number of hydrogen-bond acceptors (Lipinski definition) is 4.